The summed E-state index contributed by atoms with van der Waals surface area (Å²) in [5.74, 6) is -1.31. The van der Waals surface area contributed by atoms with Crippen molar-refractivity contribution in [3.63, 3.8) is 0 Å². The largest absolute Gasteiger partial charge is 0.416 e. The van der Waals surface area contributed by atoms with Crippen LogP contribution in [-0.2, 0) is 11.0 Å². The number of carbonyl (C=O) groups excluding carboxylic acids is 2. The lowest BCUT2D eigenvalue weighted by Gasteiger charge is -2.38. The number of aromatic nitrogens is 2. The van der Waals surface area contributed by atoms with Gasteiger partial charge in [-0.05, 0) is 61.9 Å². The predicted octanol–water partition coefficient (Wildman–Crippen LogP) is 5.08. The zero-order valence-corrected chi connectivity index (χ0v) is 21.2. The molecule has 10 heteroatoms. The van der Waals surface area contributed by atoms with Crippen molar-refractivity contribution in [2.75, 3.05) is 17.2 Å². The molecule has 2 amide bonds. The second-order valence-corrected chi connectivity index (χ2v) is 9.33. The van der Waals surface area contributed by atoms with E-state index in [-0.39, 0.29) is 12.1 Å². The van der Waals surface area contributed by atoms with E-state index < -0.39 is 35.5 Å². The van der Waals surface area contributed by atoms with Crippen molar-refractivity contribution in [2.45, 2.75) is 32.0 Å². The summed E-state index contributed by atoms with van der Waals surface area (Å²) in [7, 11) is 0. The highest BCUT2D eigenvalue weighted by Gasteiger charge is 2.45. The SMILES string of the molecule is CCN1C(=O)[C@@H](NC(=O)c2cccc(C(F)(F)F)c2)[C@@H](c2cccc(N)c2)c2c(C)nn(-c3ccccc3)c21. The van der Waals surface area contributed by atoms with Gasteiger partial charge in [-0.25, -0.2) is 4.68 Å². The zero-order chi connectivity index (χ0) is 27.9. The van der Waals surface area contributed by atoms with Gasteiger partial charge in [0.05, 0.1) is 16.9 Å². The number of nitrogens with one attached hydrogen (secondary N) is 1. The molecule has 2 heterocycles. The van der Waals surface area contributed by atoms with Gasteiger partial charge in [0.1, 0.15) is 11.9 Å². The van der Waals surface area contributed by atoms with Crippen molar-refractivity contribution < 1.29 is 22.8 Å². The van der Waals surface area contributed by atoms with Crippen LogP contribution >= 0.6 is 0 Å². The van der Waals surface area contributed by atoms with Gasteiger partial charge >= 0.3 is 6.18 Å². The molecule has 0 bridgehead atoms. The lowest BCUT2D eigenvalue weighted by atomic mass is 9.81. The Morgan fingerprint density at radius 2 is 1.74 bits per heavy atom. The first-order valence-corrected chi connectivity index (χ1v) is 12.4. The van der Waals surface area contributed by atoms with E-state index in [1.807, 2.05) is 50.2 Å². The number of nitrogen functional groups attached to an aromatic ring is 1. The molecule has 39 heavy (non-hydrogen) atoms. The number of rotatable bonds is 5. The predicted molar refractivity (Wildman–Crippen MR) is 142 cm³/mol. The number of likely N-dealkylation sites (N-methyl/N-ethyl adjacent to an activating group) is 1. The second-order valence-electron chi connectivity index (χ2n) is 9.33. The highest BCUT2D eigenvalue weighted by molar-refractivity contribution is 6.05. The Labute approximate surface area is 223 Å². The summed E-state index contributed by atoms with van der Waals surface area (Å²) < 4.78 is 41.6. The Balaban J connectivity index is 1.66. The maximum atomic E-state index is 14.0. The topological polar surface area (TPSA) is 93.2 Å². The molecule has 7 nitrogen and oxygen atoms in total. The van der Waals surface area contributed by atoms with E-state index in [1.54, 1.807) is 27.8 Å². The third kappa shape index (κ3) is 4.73. The third-order valence-electron chi connectivity index (χ3n) is 6.84. The number of nitrogens with two attached hydrogens (primary N) is 1. The molecule has 1 aliphatic heterocycles. The van der Waals surface area contributed by atoms with Crippen LogP contribution in [0.4, 0.5) is 24.7 Å². The van der Waals surface area contributed by atoms with Crippen LogP contribution in [0.2, 0.25) is 0 Å². The molecule has 0 aliphatic carbocycles. The van der Waals surface area contributed by atoms with Crippen LogP contribution < -0.4 is 16.0 Å². The van der Waals surface area contributed by atoms with Crippen LogP contribution in [0.15, 0.2) is 78.9 Å². The molecule has 0 saturated carbocycles. The molecule has 2 atom stereocenters. The Morgan fingerprint density at radius 3 is 2.41 bits per heavy atom. The van der Waals surface area contributed by atoms with Crippen LogP contribution in [0.3, 0.4) is 0 Å². The number of hydrogen-bond donors (Lipinski definition) is 2. The number of alkyl halides is 3. The molecule has 0 fully saturated rings. The van der Waals surface area contributed by atoms with Gasteiger partial charge in [0.25, 0.3) is 11.8 Å². The van der Waals surface area contributed by atoms with E-state index in [4.69, 9.17) is 10.8 Å². The van der Waals surface area contributed by atoms with Crippen molar-refractivity contribution in [3.8, 4) is 5.69 Å². The van der Waals surface area contributed by atoms with Gasteiger partial charge in [0.2, 0.25) is 0 Å². The number of anilines is 2. The molecule has 0 saturated heterocycles. The molecule has 1 aliphatic rings. The summed E-state index contributed by atoms with van der Waals surface area (Å²) in [5.41, 5.74) is 8.21. The van der Waals surface area contributed by atoms with E-state index in [2.05, 4.69) is 5.32 Å². The normalized spacial score (nSPS) is 17.2. The van der Waals surface area contributed by atoms with Gasteiger partial charge in [-0.2, -0.15) is 18.3 Å². The fraction of sp³-hybridized carbons (Fsp3) is 0.207. The van der Waals surface area contributed by atoms with Crippen molar-refractivity contribution in [1.82, 2.24) is 15.1 Å². The first-order chi connectivity index (χ1) is 18.6. The highest BCUT2D eigenvalue weighted by Crippen LogP contribution is 2.43. The van der Waals surface area contributed by atoms with Gasteiger partial charge in [-0.3, -0.25) is 14.5 Å². The van der Waals surface area contributed by atoms with Crippen molar-refractivity contribution in [3.05, 3.63) is 107 Å². The Hall–Kier alpha value is -4.60. The average Bonchev–Trinajstić information content (AvgIpc) is 3.25. The number of benzene rings is 3. The highest BCUT2D eigenvalue weighted by atomic mass is 19.4. The van der Waals surface area contributed by atoms with Crippen LogP contribution in [0, 0.1) is 6.92 Å². The molecule has 0 spiro atoms. The summed E-state index contributed by atoms with van der Waals surface area (Å²) in [4.78, 5) is 28.9. The fourth-order valence-electron chi connectivity index (χ4n) is 5.11. The molecule has 4 aromatic rings. The van der Waals surface area contributed by atoms with Gasteiger partial charge in [-0.15, -0.1) is 0 Å². The molecule has 1 aromatic heterocycles. The molecular formula is C29H26F3N5O2. The Bertz CT molecular complexity index is 1550. The molecule has 0 radical (unpaired) electrons. The minimum Gasteiger partial charge on any atom is -0.399 e. The molecular weight excluding hydrogens is 507 g/mol. The number of halogens is 3. The fourth-order valence-corrected chi connectivity index (χ4v) is 5.11. The maximum absolute atomic E-state index is 14.0. The van der Waals surface area contributed by atoms with Crippen LogP contribution in [-0.4, -0.2) is 34.2 Å². The number of hydrogen-bond acceptors (Lipinski definition) is 4. The Kier molecular flexibility index (Phi) is 6.63. The lowest BCUT2D eigenvalue weighted by Crippen LogP contribution is -2.55. The number of aryl methyl sites for hydroxylation is 1. The average molecular weight is 534 g/mol. The zero-order valence-electron chi connectivity index (χ0n) is 21.2. The van der Waals surface area contributed by atoms with Gasteiger partial charge in [-0.1, -0.05) is 36.4 Å². The molecule has 0 unspecified atom stereocenters. The number of fused-ring (bicyclic) bond motifs is 1. The standard InChI is InChI=1S/C29H26F3N5O2/c1-3-36-27-23(17(2)35-37(27)22-13-5-4-6-14-22)24(18-9-8-12-21(33)16-18)25(28(36)39)34-26(38)19-10-7-11-20(15-19)29(30,31)32/h4-16,24-25H,3,33H2,1-2H3,(H,34,38)/t24-,25-/m0/s1. The van der Waals surface area contributed by atoms with Crippen molar-refractivity contribution in [2.24, 2.45) is 0 Å². The summed E-state index contributed by atoms with van der Waals surface area (Å²) in [6, 6.07) is 19.4. The summed E-state index contributed by atoms with van der Waals surface area (Å²) in [6.45, 7) is 3.92. The number of para-hydroxylation sites is 1. The smallest absolute Gasteiger partial charge is 0.399 e. The first kappa shape index (κ1) is 26.0. The summed E-state index contributed by atoms with van der Waals surface area (Å²) in [6.07, 6.45) is -4.61. The minimum atomic E-state index is -4.61. The minimum absolute atomic E-state index is 0.200. The van der Waals surface area contributed by atoms with Crippen molar-refractivity contribution >= 4 is 23.3 Å². The van der Waals surface area contributed by atoms with E-state index in [0.717, 1.165) is 23.4 Å². The second kappa shape index (κ2) is 9.94. The summed E-state index contributed by atoms with van der Waals surface area (Å²) >= 11 is 0. The van der Waals surface area contributed by atoms with Crippen LogP contribution in [0.1, 0.15) is 45.6 Å². The molecule has 5 rings (SSSR count). The third-order valence-corrected chi connectivity index (χ3v) is 6.84. The van der Waals surface area contributed by atoms with E-state index in [0.29, 0.717) is 22.8 Å². The van der Waals surface area contributed by atoms with E-state index in [1.165, 1.54) is 12.1 Å². The quantitative estimate of drug-likeness (QED) is 0.350. The monoisotopic (exact) mass is 533 g/mol. The molecule has 3 N–H and O–H groups in total. The van der Waals surface area contributed by atoms with E-state index >= 15 is 0 Å². The van der Waals surface area contributed by atoms with Crippen molar-refractivity contribution in [1.29, 1.82) is 0 Å². The summed E-state index contributed by atoms with van der Waals surface area (Å²) in [5, 5.41) is 7.50. The molecule has 200 valence electrons. The molecule has 3 aromatic carbocycles. The lowest BCUT2D eigenvalue weighted by molar-refractivity contribution is -0.137. The maximum Gasteiger partial charge on any atom is 0.416 e. The van der Waals surface area contributed by atoms with Gasteiger partial charge < -0.3 is 11.1 Å². The number of amides is 2. The first-order valence-electron chi connectivity index (χ1n) is 12.4. The van der Waals surface area contributed by atoms with Crippen LogP contribution in [0.25, 0.3) is 5.69 Å². The van der Waals surface area contributed by atoms with Gasteiger partial charge in [0, 0.05) is 29.3 Å². The van der Waals surface area contributed by atoms with E-state index in [9.17, 15) is 22.8 Å². The van der Waals surface area contributed by atoms with Gasteiger partial charge in [0.15, 0.2) is 0 Å². The number of carbonyl (C=O) groups is 2. The Morgan fingerprint density at radius 1 is 1.03 bits per heavy atom. The number of nitrogens with zero attached hydrogens (tertiary/aromatic N) is 3. The van der Waals surface area contributed by atoms with Crippen LogP contribution in [0.5, 0.6) is 0 Å².